The van der Waals surface area contributed by atoms with E-state index in [4.69, 9.17) is 0 Å². The number of aliphatic hydroxyl groups excluding tert-OH is 1. The van der Waals surface area contributed by atoms with Gasteiger partial charge in [-0.1, -0.05) is 12.8 Å². The van der Waals surface area contributed by atoms with Gasteiger partial charge >= 0.3 is 0 Å². The van der Waals surface area contributed by atoms with Gasteiger partial charge in [0.25, 0.3) is 0 Å². The molecule has 114 valence electrons. The lowest BCUT2D eigenvalue weighted by Crippen LogP contribution is -2.42. The number of nitrogens with one attached hydrogen (secondary N) is 2. The molecule has 2 rings (SSSR count). The first-order chi connectivity index (χ1) is 9.66. The van der Waals surface area contributed by atoms with Gasteiger partial charge in [0.1, 0.15) is 0 Å². The first-order valence-electron chi connectivity index (χ1n) is 7.64. The maximum absolute atomic E-state index is 12.0. The summed E-state index contributed by atoms with van der Waals surface area (Å²) in [6, 6.07) is -0.321. The van der Waals surface area contributed by atoms with Crippen molar-refractivity contribution in [2.45, 2.75) is 50.7 Å². The molecule has 6 heteroatoms. The van der Waals surface area contributed by atoms with E-state index in [0.717, 1.165) is 25.9 Å². The third-order valence-electron chi connectivity index (χ3n) is 4.02. The second-order valence-electron chi connectivity index (χ2n) is 5.69. The van der Waals surface area contributed by atoms with Gasteiger partial charge in [0.15, 0.2) is 0 Å². The molecule has 2 atom stereocenters. The minimum Gasteiger partial charge on any atom is -0.392 e. The SMILES string of the molecule is O=C(NCCC(=O)N1CCCCCC1)C1CC(O)CN1. The van der Waals surface area contributed by atoms with Crippen molar-refractivity contribution >= 4 is 11.8 Å². The number of carbonyl (C=O) groups is 2. The highest BCUT2D eigenvalue weighted by Gasteiger charge is 2.27. The van der Waals surface area contributed by atoms with Gasteiger partial charge in [-0.25, -0.2) is 0 Å². The van der Waals surface area contributed by atoms with E-state index >= 15 is 0 Å². The fourth-order valence-corrected chi connectivity index (χ4v) is 2.81. The molecule has 2 heterocycles. The van der Waals surface area contributed by atoms with Gasteiger partial charge in [-0.05, 0) is 19.3 Å². The fraction of sp³-hybridized carbons (Fsp3) is 0.857. The third-order valence-corrected chi connectivity index (χ3v) is 4.02. The van der Waals surface area contributed by atoms with Crippen LogP contribution in [0.3, 0.4) is 0 Å². The number of nitrogens with zero attached hydrogens (tertiary/aromatic N) is 1. The molecule has 0 bridgehead atoms. The monoisotopic (exact) mass is 283 g/mol. The number of rotatable bonds is 4. The minimum absolute atomic E-state index is 0.120. The Morgan fingerprint density at radius 3 is 2.50 bits per heavy atom. The molecule has 2 saturated heterocycles. The van der Waals surface area contributed by atoms with Crippen LogP contribution in [0.4, 0.5) is 0 Å². The molecule has 2 aliphatic rings. The summed E-state index contributed by atoms with van der Waals surface area (Å²) in [5.74, 6) is 0.0110. The van der Waals surface area contributed by atoms with Crippen molar-refractivity contribution in [1.82, 2.24) is 15.5 Å². The predicted octanol–water partition coefficient (Wildman–Crippen LogP) is -0.382. The molecule has 0 saturated carbocycles. The highest BCUT2D eigenvalue weighted by Crippen LogP contribution is 2.10. The number of likely N-dealkylation sites (tertiary alicyclic amines) is 1. The molecule has 2 amide bonds. The van der Waals surface area contributed by atoms with E-state index < -0.39 is 6.10 Å². The highest BCUT2D eigenvalue weighted by molar-refractivity contribution is 5.83. The van der Waals surface area contributed by atoms with E-state index in [1.807, 2.05) is 4.90 Å². The van der Waals surface area contributed by atoms with Crippen LogP contribution in [0, 0.1) is 0 Å². The zero-order chi connectivity index (χ0) is 14.4. The number of amides is 2. The van der Waals surface area contributed by atoms with Crippen molar-refractivity contribution < 1.29 is 14.7 Å². The fourth-order valence-electron chi connectivity index (χ4n) is 2.81. The van der Waals surface area contributed by atoms with Crippen LogP contribution in [0.25, 0.3) is 0 Å². The summed E-state index contributed by atoms with van der Waals surface area (Å²) in [6.45, 7) is 2.54. The molecule has 2 unspecified atom stereocenters. The average Bonchev–Trinajstić information content (AvgIpc) is 2.71. The van der Waals surface area contributed by atoms with Crippen molar-refractivity contribution in [2.75, 3.05) is 26.2 Å². The Labute approximate surface area is 119 Å². The smallest absolute Gasteiger partial charge is 0.237 e. The third kappa shape index (κ3) is 4.45. The Morgan fingerprint density at radius 2 is 1.90 bits per heavy atom. The molecule has 0 aromatic rings. The van der Waals surface area contributed by atoms with Crippen LogP contribution in [0.1, 0.15) is 38.5 Å². The largest absolute Gasteiger partial charge is 0.392 e. The normalized spacial score (nSPS) is 27.1. The van der Waals surface area contributed by atoms with Crippen LogP contribution in [-0.2, 0) is 9.59 Å². The van der Waals surface area contributed by atoms with Crippen LogP contribution in [0.5, 0.6) is 0 Å². The Morgan fingerprint density at radius 1 is 1.20 bits per heavy atom. The van der Waals surface area contributed by atoms with Crippen LogP contribution < -0.4 is 10.6 Å². The van der Waals surface area contributed by atoms with Crippen molar-refractivity contribution in [3.05, 3.63) is 0 Å². The van der Waals surface area contributed by atoms with Crippen LogP contribution >= 0.6 is 0 Å². The standard InChI is InChI=1S/C14H25N3O3/c18-11-9-12(16-10-11)14(20)15-6-5-13(19)17-7-3-1-2-4-8-17/h11-12,16,18H,1-10H2,(H,15,20). The number of hydrogen-bond donors (Lipinski definition) is 3. The zero-order valence-electron chi connectivity index (χ0n) is 11.9. The van der Waals surface area contributed by atoms with Gasteiger partial charge in [0.2, 0.25) is 11.8 Å². The molecule has 0 radical (unpaired) electrons. The molecular formula is C14H25N3O3. The van der Waals surface area contributed by atoms with Gasteiger partial charge in [0, 0.05) is 32.6 Å². The molecule has 0 spiro atoms. The van der Waals surface area contributed by atoms with Crippen molar-refractivity contribution in [3.8, 4) is 0 Å². The second kappa shape index (κ2) is 7.59. The van der Waals surface area contributed by atoms with Crippen LogP contribution in [0.2, 0.25) is 0 Å². The van der Waals surface area contributed by atoms with E-state index in [9.17, 15) is 14.7 Å². The number of hydrogen-bond acceptors (Lipinski definition) is 4. The summed E-state index contributed by atoms with van der Waals surface area (Å²) in [4.78, 5) is 25.7. The van der Waals surface area contributed by atoms with Crippen LogP contribution in [-0.4, -0.2) is 60.1 Å². The zero-order valence-corrected chi connectivity index (χ0v) is 11.9. The summed E-state index contributed by atoms with van der Waals surface area (Å²) in [7, 11) is 0. The summed E-state index contributed by atoms with van der Waals surface area (Å²) in [5, 5.41) is 15.1. The van der Waals surface area contributed by atoms with Gasteiger partial charge in [-0.3, -0.25) is 9.59 Å². The number of β-amino-alcohol motifs (C(OH)–C–C–N with tert-alkyl or cyclic N) is 1. The quantitative estimate of drug-likeness (QED) is 0.657. The highest BCUT2D eigenvalue weighted by atomic mass is 16.3. The second-order valence-corrected chi connectivity index (χ2v) is 5.69. The van der Waals surface area contributed by atoms with Crippen molar-refractivity contribution in [1.29, 1.82) is 0 Å². The van der Waals surface area contributed by atoms with Gasteiger partial charge in [-0.15, -0.1) is 0 Å². The lowest BCUT2D eigenvalue weighted by molar-refractivity contribution is -0.131. The molecule has 3 N–H and O–H groups in total. The van der Waals surface area contributed by atoms with E-state index in [-0.39, 0.29) is 17.9 Å². The predicted molar refractivity (Wildman–Crippen MR) is 75.1 cm³/mol. The van der Waals surface area contributed by atoms with Crippen molar-refractivity contribution in [3.63, 3.8) is 0 Å². The van der Waals surface area contributed by atoms with E-state index in [1.54, 1.807) is 0 Å². The maximum Gasteiger partial charge on any atom is 0.237 e. The van der Waals surface area contributed by atoms with Gasteiger partial charge in [0.05, 0.1) is 12.1 Å². The Hall–Kier alpha value is -1.14. The summed E-state index contributed by atoms with van der Waals surface area (Å²) in [6.07, 6.45) is 4.95. The number of carbonyl (C=O) groups excluding carboxylic acids is 2. The first-order valence-corrected chi connectivity index (χ1v) is 7.64. The Kier molecular flexibility index (Phi) is 5.79. The van der Waals surface area contributed by atoms with Gasteiger partial charge in [-0.2, -0.15) is 0 Å². The molecular weight excluding hydrogens is 258 g/mol. The Balaban J connectivity index is 1.64. The first kappa shape index (κ1) is 15.3. The maximum atomic E-state index is 12.0. The van der Waals surface area contributed by atoms with E-state index in [2.05, 4.69) is 10.6 Å². The molecule has 6 nitrogen and oxygen atoms in total. The molecule has 0 aromatic carbocycles. The Bertz CT molecular complexity index is 341. The van der Waals surface area contributed by atoms with E-state index in [0.29, 0.717) is 25.9 Å². The minimum atomic E-state index is -0.440. The molecule has 20 heavy (non-hydrogen) atoms. The molecule has 2 fully saturated rings. The summed E-state index contributed by atoms with van der Waals surface area (Å²) >= 11 is 0. The van der Waals surface area contributed by atoms with Crippen molar-refractivity contribution in [2.24, 2.45) is 0 Å². The summed E-state index contributed by atoms with van der Waals surface area (Å²) < 4.78 is 0. The number of aliphatic hydroxyl groups is 1. The molecule has 0 aromatic heterocycles. The van der Waals surface area contributed by atoms with Crippen LogP contribution in [0.15, 0.2) is 0 Å². The lowest BCUT2D eigenvalue weighted by atomic mass is 10.2. The summed E-state index contributed by atoms with van der Waals surface area (Å²) in [5.41, 5.74) is 0. The molecule has 0 aliphatic carbocycles. The topological polar surface area (TPSA) is 81.7 Å². The van der Waals surface area contributed by atoms with Gasteiger partial charge < -0.3 is 20.6 Å². The lowest BCUT2D eigenvalue weighted by Gasteiger charge is -2.20. The van der Waals surface area contributed by atoms with E-state index in [1.165, 1.54) is 12.8 Å². The average molecular weight is 283 g/mol. The molecule has 2 aliphatic heterocycles.